The van der Waals surface area contributed by atoms with Crippen LogP contribution in [0, 0.1) is 29.0 Å². The second-order valence-electron chi connectivity index (χ2n) is 8.09. The molecule has 1 aromatic carbocycles. The van der Waals surface area contributed by atoms with Gasteiger partial charge in [-0.05, 0) is 87.0 Å². The molecule has 0 heterocycles. The van der Waals surface area contributed by atoms with Crippen LogP contribution in [0.5, 0.6) is 0 Å². The zero-order valence-corrected chi connectivity index (χ0v) is 16.5. The summed E-state index contributed by atoms with van der Waals surface area (Å²) in [4.78, 5) is 12.5. The van der Waals surface area contributed by atoms with Gasteiger partial charge in [0, 0.05) is 0 Å². The third-order valence-corrected chi connectivity index (χ3v) is 6.14. The summed E-state index contributed by atoms with van der Waals surface area (Å²) in [6.45, 7) is 0. The van der Waals surface area contributed by atoms with E-state index in [9.17, 15) is 13.6 Å². The molecule has 0 spiro atoms. The average Bonchev–Trinajstić information content (AvgIpc) is 2.75. The third-order valence-electron chi connectivity index (χ3n) is 6.14. The van der Waals surface area contributed by atoms with Gasteiger partial charge in [-0.3, -0.25) is 4.79 Å². The van der Waals surface area contributed by atoms with Crippen LogP contribution in [0.15, 0.2) is 48.3 Å². The first-order valence-electron chi connectivity index (χ1n) is 10.4. The summed E-state index contributed by atoms with van der Waals surface area (Å²) in [7, 11) is 0. The molecule has 0 unspecified atom stereocenters. The maximum absolute atomic E-state index is 13.1. The number of ether oxygens (including phenoxy) is 1. The second kappa shape index (κ2) is 10.3. The fourth-order valence-electron chi connectivity index (χ4n) is 4.39. The molecule has 0 bridgehead atoms. The molecular weight excluding hydrogens is 372 g/mol. The molecule has 0 aliphatic heterocycles. The lowest BCUT2D eigenvalue weighted by molar-refractivity contribution is -0.157. The van der Waals surface area contributed by atoms with Gasteiger partial charge in [0.25, 0.3) is 0 Å². The summed E-state index contributed by atoms with van der Waals surface area (Å²) in [5.41, 5.74) is 1.16. The predicted octanol–water partition coefficient (Wildman–Crippen LogP) is 6.13. The molecule has 3 nitrogen and oxygen atoms in total. The Morgan fingerprint density at radius 1 is 1.03 bits per heavy atom. The quantitative estimate of drug-likeness (QED) is 0.340. The number of esters is 1. The van der Waals surface area contributed by atoms with Crippen molar-refractivity contribution < 1.29 is 18.3 Å². The Kier molecular flexibility index (Phi) is 7.57. The Morgan fingerprint density at radius 3 is 2.31 bits per heavy atom. The van der Waals surface area contributed by atoms with Crippen LogP contribution in [-0.2, 0) is 9.53 Å². The van der Waals surface area contributed by atoms with Gasteiger partial charge in [-0.1, -0.05) is 24.3 Å². The van der Waals surface area contributed by atoms with Crippen molar-refractivity contribution >= 4 is 5.97 Å². The Bertz CT molecular complexity index is 778. The standard InChI is InChI=1S/C24H27F2NO2/c25-21-12-8-18(9-13-21)19-10-14-23(15-11-19)29-24(28)20-6-4-17(5-7-20)2-1-3-22(26)16-27/h1-3,8-9,12-13,17,19-20,23H,4-7,10-11,14-15H2/t17-,19-,20-,23-. The Labute approximate surface area is 171 Å². The van der Waals surface area contributed by atoms with E-state index in [0.29, 0.717) is 11.8 Å². The molecule has 2 saturated carbocycles. The van der Waals surface area contributed by atoms with E-state index in [1.165, 1.54) is 24.3 Å². The summed E-state index contributed by atoms with van der Waals surface area (Å²) < 4.78 is 31.6. The molecule has 3 rings (SSSR count). The first-order chi connectivity index (χ1) is 14.0. The number of rotatable bonds is 5. The first-order valence-corrected chi connectivity index (χ1v) is 10.4. The lowest BCUT2D eigenvalue weighted by atomic mass is 9.81. The minimum absolute atomic E-state index is 0.0177. The van der Waals surface area contributed by atoms with E-state index in [1.54, 1.807) is 6.08 Å². The molecule has 29 heavy (non-hydrogen) atoms. The normalized spacial score (nSPS) is 28.1. The highest BCUT2D eigenvalue weighted by atomic mass is 19.1. The molecule has 0 amide bonds. The fourth-order valence-corrected chi connectivity index (χ4v) is 4.39. The number of hydrogen-bond donors (Lipinski definition) is 0. The molecule has 0 saturated heterocycles. The van der Waals surface area contributed by atoms with Crippen molar-refractivity contribution in [3.05, 3.63) is 59.7 Å². The minimum atomic E-state index is -0.798. The maximum Gasteiger partial charge on any atom is 0.309 e. The van der Waals surface area contributed by atoms with Crippen molar-refractivity contribution in [2.24, 2.45) is 11.8 Å². The molecular formula is C24H27F2NO2. The van der Waals surface area contributed by atoms with Crippen LogP contribution in [-0.4, -0.2) is 12.1 Å². The highest BCUT2D eigenvalue weighted by Crippen LogP contribution is 2.36. The number of nitrogens with zero attached hydrogens (tertiary/aromatic N) is 1. The van der Waals surface area contributed by atoms with Gasteiger partial charge < -0.3 is 4.74 Å². The molecule has 1 aromatic rings. The summed E-state index contributed by atoms with van der Waals surface area (Å²) in [5, 5.41) is 8.39. The minimum Gasteiger partial charge on any atom is -0.462 e. The highest BCUT2D eigenvalue weighted by Gasteiger charge is 2.30. The Balaban J connectivity index is 1.39. The topological polar surface area (TPSA) is 50.1 Å². The molecule has 0 aromatic heterocycles. The Hall–Kier alpha value is -2.48. The van der Waals surface area contributed by atoms with Crippen molar-refractivity contribution in [3.8, 4) is 6.07 Å². The van der Waals surface area contributed by atoms with Gasteiger partial charge in [-0.2, -0.15) is 9.65 Å². The summed E-state index contributed by atoms with van der Waals surface area (Å²) in [6, 6.07) is 8.15. The summed E-state index contributed by atoms with van der Waals surface area (Å²) >= 11 is 0. The molecule has 2 aliphatic rings. The van der Waals surface area contributed by atoms with Crippen molar-refractivity contribution in [2.75, 3.05) is 0 Å². The lowest BCUT2D eigenvalue weighted by Crippen LogP contribution is -2.29. The van der Waals surface area contributed by atoms with Gasteiger partial charge >= 0.3 is 5.97 Å². The molecule has 0 N–H and O–H groups in total. The summed E-state index contributed by atoms with van der Waals surface area (Å²) in [6.07, 6.45) is 11.6. The number of carbonyl (C=O) groups excluding carboxylic acids is 1. The van der Waals surface area contributed by atoms with Crippen molar-refractivity contribution in [2.45, 2.75) is 63.4 Å². The van der Waals surface area contributed by atoms with Crippen LogP contribution in [0.1, 0.15) is 62.8 Å². The van der Waals surface area contributed by atoms with E-state index >= 15 is 0 Å². The van der Waals surface area contributed by atoms with Crippen LogP contribution >= 0.6 is 0 Å². The smallest absolute Gasteiger partial charge is 0.309 e. The van der Waals surface area contributed by atoms with Gasteiger partial charge in [0.05, 0.1) is 5.92 Å². The number of benzene rings is 1. The molecule has 2 fully saturated rings. The second-order valence-corrected chi connectivity index (χ2v) is 8.09. The van der Waals surface area contributed by atoms with Crippen LogP contribution in [0.4, 0.5) is 8.78 Å². The van der Waals surface area contributed by atoms with Crippen LogP contribution in [0.3, 0.4) is 0 Å². The maximum atomic E-state index is 13.1. The van der Waals surface area contributed by atoms with E-state index in [4.69, 9.17) is 10.00 Å². The van der Waals surface area contributed by atoms with Crippen molar-refractivity contribution in [3.63, 3.8) is 0 Å². The predicted molar refractivity (Wildman–Crippen MR) is 107 cm³/mol. The van der Waals surface area contributed by atoms with E-state index in [1.807, 2.05) is 18.2 Å². The van der Waals surface area contributed by atoms with Gasteiger partial charge in [0.1, 0.15) is 18.0 Å². The number of allylic oxidation sites excluding steroid dienone is 4. The number of hydrogen-bond acceptors (Lipinski definition) is 3. The number of carbonyl (C=O) groups is 1. The zero-order chi connectivity index (χ0) is 20.6. The first kappa shape index (κ1) is 21.2. The average molecular weight is 399 g/mol. The molecule has 5 heteroatoms. The number of nitriles is 1. The van der Waals surface area contributed by atoms with Crippen molar-refractivity contribution in [1.82, 2.24) is 0 Å². The van der Waals surface area contributed by atoms with E-state index in [-0.39, 0.29) is 23.8 Å². The van der Waals surface area contributed by atoms with E-state index in [2.05, 4.69) is 0 Å². The largest absolute Gasteiger partial charge is 0.462 e. The van der Waals surface area contributed by atoms with E-state index in [0.717, 1.165) is 56.9 Å². The number of halogens is 2. The van der Waals surface area contributed by atoms with Crippen molar-refractivity contribution in [1.29, 1.82) is 5.26 Å². The van der Waals surface area contributed by atoms with E-state index < -0.39 is 5.83 Å². The molecule has 0 atom stereocenters. The summed E-state index contributed by atoms with van der Waals surface area (Å²) in [5.74, 6) is -0.436. The van der Waals surface area contributed by atoms with Crippen LogP contribution in [0.25, 0.3) is 0 Å². The highest BCUT2D eigenvalue weighted by molar-refractivity contribution is 5.72. The molecule has 0 radical (unpaired) electrons. The molecule has 154 valence electrons. The lowest BCUT2D eigenvalue weighted by Gasteiger charge is -2.31. The zero-order valence-electron chi connectivity index (χ0n) is 16.5. The van der Waals surface area contributed by atoms with Gasteiger partial charge in [-0.15, -0.1) is 0 Å². The third kappa shape index (κ3) is 6.25. The van der Waals surface area contributed by atoms with Gasteiger partial charge in [-0.25, -0.2) is 4.39 Å². The fraction of sp³-hybridized carbons (Fsp3) is 0.500. The van der Waals surface area contributed by atoms with Gasteiger partial charge in [0.2, 0.25) is 0 Å². The van der Waals surface area contributed by atoms with Gasteiger partial charge in [0.15, 0.2) is 5.83 Å². The van der Waals surface area contributed by atoms with Crippen LogP contribution in [0.2, 0.25) is 0 Å². The SMILES string of the molecule is N#CC(F)=CC=C[C@H]1CC[C@H](C(=O)O[C@H]2CC[C@H](c3ccc(F)cc3)CC2)CC1. The monoisotopic (exact) mass is 399 g/mol. The van der Waals surface area contributed by atoms with Crippen LogP contribution < -0.4 is 0 Å². The molecule has 2 aliphatic carbocycles. The Morgan fingerprint density at radius 2 is 1.69 bits per heavy atom.